The van der Waals surface area contributed by atoms with Crippen LogP contribution in [0.1, 0.15) is 24.5 Å². The number of rotatable bonds is 7. The van der Waals surface area contributed by atoms with Gasteiger partial charge in [0.1, 0.15) is 12.7 Å². The Kier molecular flexibility index (Phi) is 6.44. The maximum absolute atomic E-state index is 12.8. The fraction of sp³-hybridized carbons (Fsp3) is 0.435. The summed E-state index contributed by atoms with van der Waals surface area (Å²) in [6.07, 6.45) is -0.526. The molecule has 0 N–H and O–H groups in total. The zero-order chi connectivity index (χ0) is 20.1. The van der Waals surface area contributed by atoms with Gasteiger partial charge in [-0.2, -0.15) is 0 Å². The Morgan fingerprint density at radius 3 is 2.31 bits per heavy atom. The van der Waals surface area contributed by atoms with Crippen molar-refractivity contribution < 1.29 is 23.7 Å². The summed E-state index contributed by atoms with van der Waals surface area (Å²) in [5.41, 5.74) is 2.03. The fourth-order valence-corrected chi connectivity index (χ4v) is 3.99. The van der Waals surface area contributed by atoms with E-state index in [1.54, 1.807) is 4.90 Å². The van der Waals surface area contributed by atoms with Crippen molar-refractivity contribution in [3.05, 3.63) is 71.8 Å². The van der Waals surface area contributed by atoms with Gasteiger partial charge < -0.3 is 18.9 Å². The first-order valence-corrected chi connectivity index (χ1v) is 10.2. The summed E-state index contributed by atoms with van der Waals surface area (Å²) in [7, 11) is 0. The van der Waals surface area contributed by atoms with Crippen molar-refractivity contribution in [3.63, 3.8) is 0 Å². The van der Waals surface area contributed by atoms with Crippen LogP contribution in [0.15, 0.2) is 60.7 Å². The minimum Gasteiger partial charge on any atom is -0.445 e. The third-order valence-corrected chi connectivity index (χ3v) is 5.36. The summed E-state index contributed by atoms with van der Waals surface area (Å²) in [6, 6.07) is 19.4. The van der Waals surface area contributed by atoms with Gasteiger partial charge in [0.15, 0.2) is 6.29 Å². The van der Waals surface area contributed by atoms with Gasteiger partial charge in [0.05, 0.1) is 18.8 Å². The standard InChI is InChI=1S/C23H27NO5/c1-2-26-22-21(27-15-17-9-5-3-6-10-17)20-19(29-22)13-14-24(20)23(25)28-16-18-11-7-4-8-12-18/h3-12,19-22H,2,13-16H2,1H3/t19-,20+,21-,22?/m1/s1. The van der Waals surface area contributed by atoms with Crippen molar-refractivity contribution in [2.45, 2.75) is 51.1 Å². The van der Waals surface area contributed by atoms with E-state index in [0.29, 0.717) is 19.8 Å². The molecule has 2 saturated heterocycles. The molecule has 6 heteroatoms. The first kappa shape index (κ1) is 19.9. The second-order valence-corrected chi connectivity index (χ2v) is 7.27. The van der Waals surface area contributed by atoms with Crippen molar-refractivity contribution in [1.29, 1.82) is 0 Å². The number of fused-ring (bicyclic) bond motifs is 1. The molecule has 2 heterocycles. The van der Waals surface area contributed by atoms with Crippen LogP contribution in [0.3, 0.4) is 0 Å². The van der Waals surface area contributed by atoms with E-state index in [4.69, 9.17) is 18.9 Å². The van der Waals surface area contributed by atoms with Crippen LogP contribution in [0.25, 0.3) is 0 Å². The quantitative estimate of drug-likeness (QED) is 0.712. The average Bonchev–Trinajstić information content (AvgIpc) is 3.31. The Bertz CT molecular complexity index is 784. The van der Waals surface area contributed by atoms with Gasteiger partial charge in [0.25, 0.3) is 0 Å². The molecule has 0 aromatic heterocycles. The van der Waals surface area contributed by atoms with Gasteiger partial charge in [-0.05, 0) is 24.5 Å². The van der Waals surface area contributed by atoms with Crippen molar-refractivity contribution in [3.8, 4) is 0 Å². The first-order valence-electron chi connectivity index (χ1n) is 10.2. The molecule has 0 radical (unpaired) electrons. The first-order chi connectivity index (χ1) is 14.3. The highest BCUT2D eigenvalue weighted by Crippen LogP contribution is 2.36. The number of carbonyl (C=O) groups is 1. The molecule has 2 aliphatic rings. The van der Waals surface area contributed by atoms with Crippen LogP contribution in [0.5, 0.6) is 0 Å². The second-order valence-electron chi connectivity index (χ2n) is 7.27. The molecule has 2 fully saturated rings. The topological polar surface area (TPSA) is 57.2 Å². The Morgan fingerprint density at radius 2 is 1.66 bits per heavy atom. The highest BCUT2D eigenvalue weighted by molar-refractivity contribution is 5.69. The molecule has 2 aromatic carbocycles. The molecule has 1 amide bonds. The predicted molar refractivity (Wildman–Crippen MR) is 107 cm³/mol. The van der Waals surface area contributed by atoms with E-state index in [0.717, 1.165) is 17.5 Å². The van der Waals surface area contributed by atoms with Crippen molar-refractivity contribution in [2.24, 2.45) is 0 Å². The lowest BCUT2D eigenvalue weighted by atomic mass is 10.1. The zero-order valence-corrected chi connectivity index (χ0v) is 16.6. The largest absolute Gasteiger partial charge is 0.445 e. The molecule has 4 rings (SSSR count). The number of likely N-dealkylation sites (tertiary alicyclic amines) is 1. The summed E-state index contributed by atoms with van der Waals surface area (Å²) in [6.45, 7) is 3.73. The molecular weight excluding hydrogens is 370 g/mol. The number of amides is 1. The van der Waals surface area contributed by atoms with Gasteiger partial charge in [-0.1, -0.05) is 60.7 Å². The van der Waals surface area contributed by atoms with Crippen molar-refractivity contribution in [2.75, 3.05) is 13.2 Å². The average molecular weight is 397 g/mol. The molecule has 2 aromatic rings. The number of hydrogen-bond donors (Lipinski definition) is 0. The molecule has 154 valence electrons. The summed E-state index contributed by atoms with van der Waals surface area (Å²) in [5, 5.41) is 0. The van der Waals surface area contributed by atoms with Gasteiger partial charge in [0, 0.05) is 13.2 Å². The highest BCUT2D eigenvalue weighted by Gasteiger charge is 2.54. The maximum atomic E-state index is 12.8. The smallest absolute Gasteiger partial charge is 0.410 e. The van der Waals surface area contributed by atoms with Crippen LogP contribution in [0, 0.1) is 0 Å². The van der Waals surface area contributed by atoms with Crippen LogP contribution in [0.4, 0.5) is 4.79 Å². The molecule has 0 bridgehead atoms. The summed E-state index contributed by atoms with van der Waals surface area (Å²) < 4.78 is 23.6. The molecule has 1 unspecified atom stereocenters. The van der Waals surface area contributed by atoms with E-state index in [9.17, 15) is 4.79 Å². The van der Waals surface area contributed by atoms with E-state index in [1.807, 2.05) is 67.6 Å². The third-order valence-electron chi connectivity index (χ3n) is 5.36. The van der Waals surface area contributed by atoms with Crippen molar-refractivity contribution >= 4 is 6.09 Å². The minimum atomic E-state index is -0.483. The fourth-order valence-electron chi connectivity index (χ4n) is 3.99. The number of carbonyl (C=O) groups excluding carboxylic acids is 1. The van der Waals surface area contributed by atoms with Crippen LogP contribution in [-0.2, 0) is 32.2 Å². The van der Waals surface area contributed by atoms with Crippen LogP contribution < -0.4 is 0 Å². The lowest BCUT2D eigenvalue weighted by Crippen LogP contribution is -2.47. The Morgan fingerprint density at radius 1 is 1.00 bits per heavy atom. The van der Waals surface area contributed by atoms with E-state index in [1.165, 1.54) is 0 Å². The predicted octanol–water partition coefficient (Wildman–Crippen LogP) is 3.74. The minimum absolute atomic E-state index is 0.100. The van der Waals surface area contributed by atoms with Gasteiger partial charge in [0.2, 0.25) is 0 Å². The number of benzene rings is 2. The van der Waals surface area contributed by atoms with Gasteiger partial charge >= 0.3 is 6.09 Å². The number of nitrogens with zero attached hydrogens (tertiary/aromatic N) is 1. The van der Waals surface area contributed by atoms with Crippen LogP contribution in [-0.4, -0.2) is 48.7 Å². The number of hydrogen-bond acceptors (Lipinski definition) is 5. The Labute approximate surface area is 171 Å². The van der Waals surface area contributed by atoms with E-state index in [-0.39, 0.29) is 30.9 Å². The highest BCUT2D eigenvalue weighted by atomic mass is 16.7. The molecule has 4 atom stereocenters. The summed E-state index contributed by atoms with van der Waals surface area (Å²) in [5.74, 6) is 0. The molecule has 2 aliphatic heterocycles. The molecule has 6 nitrogen and oxygen atoms in total. The van der Waals surface area contributed by atoms with E-state index >= 15 is 0 Å². The van der Waals surface area contributed by atoms with Gasteiger partial charge in [-0.15, -0.1) is 0 Å². The van der Waals surface area contributed by atoms with Crippen LogP contribution >= 0.6 is 0 Å². The second kappa shape index (κ2) is 9.39. The van der Waals surface area contributed by atoms with E-state index < -0.39 is 6.29 Å². The van der Waals surface area contributed by atoms with Crippen LogP contribution in [0.2, 0.25) is 0 Å². The number of ether oxygens (including phenoxy) is 4. The Balaban J connectivity index is 1.43. The summed E-state index contributed by atoms with van der Waals surface area (Å²) >= 11 is 0. The third kappa shape index (κ3) is 4.61. The lowest BCUT2D eigenvalue weighted by molar-refractivity contribution is -0.179. The Hall–Kier alpha value is -2.41. The molecule has 0 spiro atoms. The SMILES string of the molecule is CCOC1O[C@@H]2CCN(C(=O)OCc3ccccc3)[C@@H]2[C@H]1OCc1ccccc1. The molecular formula is C23H27NO5. The normalized spacial score (nSPS) is 25.8. The summed E-state index contributed by atoms with van der Waals surface area (Å²) in [4.78, 5) is 14.5. The zero-order valence-electron chi connectivity index (χ0n) is 16.6. The van der Waals surface area contributed by atoms with Gasteiger partial charge in [-0.25, -0.2) is 4.79 Å². The monoisotopic (exact) mass is 397 g/mol. The molecule has 0 aliphatic carbocycles. The lowest BCUT2D eigenvalue weighted by Gasteiger charge is -2.29. The van der Waals surface area contributed by atoms with E-state index in [2.05, 4.69) is 0 Å². The van der Waals surface area contributed by atoms with Crippen molar-refractivity contribution in [1.82, 2.24) is 4.90 Å². The molecule has 0 saturated carbocycles. The maximum Gasteiger partial charge on any atom is 0.410 e. The van der Waals surface area contributed by atoms with Gasteiger partial charge in [-0.3, -0.25) is 4.90 Å². The molecule has 29 heavy (non-hydrogen) atoms.